The average molecular weight is 296 g/mol. The minimum Gasteiger partial charge on any atom is -0.370 e. The predicted molar refractivity (Wildman–Crippen MR) is 85.8 cm³/mol. The number of nitrogens with two attached hydrogens (primary N) is 1. The zero-order chi connectivity index (χ0) is 15.3. The zero-order valence-corrected chi connectivity index (χ0v) is 12.9. The first kappa shape index (κ1) is 13.4. The molecule has 0 saturated heterocycles. The Morgan fingerprint density at radius 2 is 2.14 bits per heavy atom. The van der Waals surface area contributed by atoms with Gasteiger partial charge in [-0.15, -0.1) is 0 Å². The van der Waals surface area contributed by atoms with Crippen molar-refractivity contribution in [3.63, 3.8) is 0 Å². The number of hydrogen-bond donors (Lipinski definition) is 2. The van der Waals surface area contributed by atoms with Crippen LogP contribution in [0, 0.1) is 13.8 Å². The molecular formula is C17H20N4O. The molecule has 0 fully saturated rings. The molecule has 5 nitrogen and oxygen atoms in total. The summed E-state index contributed by atoms with van der Waals surface area (Å²) in [5.41, 5.74) is 11.9. The molecule has 1 spiro atoms. The van der Waals surface area contributed by atoms with E-state index in [0.717, 1.165) is 42.8 Å². The van der Waals surface area contributed by atoms with E-state index in [1.165, 1.54) is 16.7 Å². The number of aliphatic imine (C=N–C) groups is 1. The van der Waals surface area contributed by atoms with Crippen LogP contribution < -0.4 is 11.1 Å². The highest BCUT2D eigenvalue weighted by atomic mass is 16.5. The summed E-state index contributed by atoms with van der Waals surface area (Å²) >= 11 is 0. The Balaban J connectivity index is 1.72. The maximum absolute atomic E-state index is 5.83. The lowest BCUT2D eigenvalue weighted by molar-refractivity contribution is 0.361. The maximum Gasteiger partial charge on any atom is 0.189 e. The van der Waals surface area contributed by atoms with E-state index in [1.807, 2.05) is 13.8 Å². The largest absolute Gasteiger partial charge is 0.370 e. The van der Waals surface area contributed by atoms with Gasteiger partial charge in [0, 0.05) is 5.56 Å². The zero-order valence-electron chi connectivity index (χ0n) is 12.9. The van der Waals surface area contributed by atoms with Crippen molar-refractivity contribution < 1.29 is 4.52 Å². The Morgan fingerprint density at radius 1 is 1.27 bits per heavy atom. The van der Waals surface area contributed by atoms with Gasteiger partial charge in [0.1, 0.15) is 5.76 Å². The van der Waals surface area contributed by atoms with E-state index in [9.17, 15) is 0 Å². The van der Waals surface area contributed by atoms with E-state index < -0.39 is 0 Å². The lowest BCUT2D eigenvalue weighted by atomic mass is 9.77. The van der Waals surface area contributed by atoms with E-state index in [-0.39, 0.29) is 5.54 Å². The first-order valence-electron chi connectivity index (χ1n) is 7.69. The van der Waals surface area contributed by atoms with E-state index in [4.69, 9.17) is 10.3 Å². The minimum atomic E-state index is 0.00838. The van der Waals surface area contributed by atoms with Crippen LogP contribution >= 0.6 is 0 Å². The van der Waals surface area contributed by atoms with Crippen molar-refractivity contribution in [1.29, 1.82) is 0 Å². The molecule has 0 bridgehead atoms. The quantitative estimate of drug-likeness (QED) is 0.845. The second-order valence-corrected chi connectivity index (χ2v) is 6.47. The SMILES string of the molecule is Cc1noc(C)c1-c1ccc2c(c1)CC1(CC2)CN=C(N)N1. The predicted octanol–water partition coefficient (Wildman–Crippen LogP) is 2.10. The van der Waals surface area contributed by atoms with Crippen LogP contribution in [-0.2, 0) is 12.8 Å². The molecule has 4 rings (SSSR count). The van der Waals surface area contributed by atoms with Crippen molar-refractivity contribution in [2.75, 3.05) is 6.54 Å². The van der Waals surface area contributed by atoms with Crippen LogP contribution in [0.15, 0.2) is 27.7 Å². The van der Waals surface area contributed by atoms with Crippen molar-refractivity contribution in [2.45, 2.75) is 38.6 Å². The fraction of sp³-hybridized carbons (Fsp3) is 0.412. The summed E-state index contributed by atoms with van der Waals surface area (Å²) in [4.78, 5) is 4.34. The van der Waals surface area contributed by atoms with Crippen LogP contribution in [0.3, 0.4) is 0 Å². The second-order valence-electron chi connectivity index (χ2n) is 6.47. The molecule has 1 aliphatic carbocycles. The molecule has 2 aliphatic rings. The minimum absolute atomic E-state index is 0.00838. The van der Waals surface area contributed by atoms with Gasteiger partial charge in [-0.3, -0.25) is 4.99 Å². The number of aromatic nitrogens is 1. The first-order valence-corrected chi connectivity index (χ1v) is 7.69. The Bertz CT molecular complexity index is 757. The van der Waals surface area contributed by atoms with E-state index in [2.05, 4.69) is 33.7 Å². The molecule has 22 heavy (non-hydrogen) atoms. The van der Waals surface area contributed by atoms with Crippen molar-refractivity contribution in [1.82, 2.24) is 10.5 Å². The summed E-state index contributed by atoms with van der Waals surface area (Å²) in [6.45, 7) is 4.72. The van der Waals surface area contributed by atoms with Gasteiger partial charge in [-0.05, 0) is 49.8 Å². The Morgan fingerprint density at radius 3 is 2.82 bits per heavy atom. The number of aryl methyl sites for hydroxylation is 3. The Kier molecular flexibility index (Phi) is 2.79. The van der Waals surface area contributed by atoms with Crippen LogP contribution in [0.1, 0.15) is 29.0 Å². The van der Waals surface area contributed by atoms with Crippen LogP contribution in [0.5, 0.6) is 0 Å². The summed E-state index contributed by atoms with van der Waals surface area (Å²) in [5, 5.41) is 7.45. The summed E-state index contributed by atoms with van der Waals surface area (Å²) in [7, 11) is 0. The molecule has 0 radical (unpaired) electrons. The summed E-state index contributed by atoms with van der Waals surface area (Å²) in [6.07, 6.45) is 3.10. The van der Waals surface area contributed by atoms with Crippen LogP contribution in [-0.4, -0.2) is 23.2 Å². The molecule has 5 heteroatoms. The van der Waals surface area contributed by atoms with Gasteiger partial charge in [-0.1, -0.05) is 23.4 Å². The van der Waals surface area contributed by atoms with E-state index in [0.29, 0.717) is 5.96 Å². The number of nitrogens with one attached hydrogen (secondary N) is 1. The molecule has 1 aromatic heterocycles. The molecule has 1 aliphatic heterocycles. The van der Waals surface area contributed by atoms with Crippen molar-refractivity contribution in [3.8, 4) is 11.1 Å². The molecule has 1 atom stereocenters. The number of benzene rings is 1. The molecule has 3 N–H and O–H groups in total. The third-order valence-corrected chi connectivity index (χ3v) is 4.88. The lowest BCUT2D eigenvalue weighted by Gasteiger charge is -2.34. The fourth-order valence-electron chi connectivity index (χ4n) is 3.74. The molecular weight excluding hydrogens is 276 g/mol. The normalized spacial score (nSPS) is 23.3. The molecule has 114 valence electrons. The molecule has 1 unspecified atom stereocenters. The number of nitrogens with zero attached hydrogens (tertiary/aromatic N) is 2. The van der Waals surface area contributed by atoms with Gasteiger partial charge >= 0.3 is 0 Å². The van der Waals surface area contributed by atoms with E-state index in [1.54, 1.807) is 0 Å². The highest BCUT2D eigenvalue weighted by Gasteiger charge is 2.38. The molecule has 2 heterocycles. The van der Waals surface area contributed by atoms with Crippen LogP contribution in [0.4, 0.5) is 0 Å². The van der Waals surface area contributed by atoms with Crippen molar-refractivity contribution in [3.05, 3.63) is 40.8 Å². The molecule has 0 saturated carbocycles. The second kappa shape index (κ2) is 4.60. The number of guanidine groups is 1. The standard InChI is InChI=1S/C17H20N4O/c1-10-15(11(2)22-21-10)13-4-3-12-5-6-17(8-14(12)7-13)9-19-16(18)20-17/h3-4,7H,5-6,8-9H2,1-2H3,(H3,18,19,20). The third-order valence-electron chi connectivity index (χ3n) is 4.88. The van der Waals surface area contributed by atoms with Gasteiger partial charge in [0.05, 0.1) is 17.8 Å². The first-order chi connectivity index (χ1) is 10.6. The average Bonchev–Trinajstić information content (AvgIpc) is 3.01. The molecule has 1 aromatic carbocycles. The van der Waals surface area contributed by atoms with Gasteiger partial charge in [0.15, 0.2) is 5.96 Å². The third kappa shape index (κ3) is 2.00. The monoisotopic (exact) mass is 296 g/mol. The van der Waals surface area contributed by atoms with Gasteiger partial charge in [-0.2, -0.15) is 0 Å². The number of hydrogen-bond acceptors (Lipinski definition) is 5. The summed E-state index contributed by atoms with van der Waals surface area (Å²) in [6, 6.07) is 6.69. The highest BCUT2D eigenvalue weighted by molar-refractivity contribution is 5.81. The van der Waals surface area contributed by atoms with Gasteiger partial charge in [-0.25, -0.2) is 0 Å². The smallest absolute Gasteiger partial charge is 0.189 e. The Hall–Kier alpha value is -2.30. The summed E-state index contributed by atoms with van der Waals surface area (Å²) in [5.74, 6) is 1.44. The van der Waals surface area contributed by atoms with Crippen LogP contribution in [0.2, 0.25) is 0 Å². The van der Waals surface area contributed by atoms with Gasteiger partial charge in [0.2, 0.25) is 0 Å². The molecule has 0 amide bonds. The van der Waals surface area contributed by atoms with Gasteiger partial charge < -0.3 is 15.6 Å². The van der Waals surface area contributed by atoms with E-state index >= 15 is 0 Å². The highest BCUT2D eigenvalue weighted by Crippen LogP contribution is 2.35. The fourth-order valence-corrected chi connectivity index (χ4v) is 3.74. The van der Waals surface area contributed by atoms with Crippen LogP contribution in [0.25, 0.3) is 11.1 Å². The molecule has 2 aromatic rings. The van der Waals surface area contributed by atoms with Crippen molar-refractivity contribution in [2.24, 2.45) is 10.7 Å². The van der Waals surface area contributed by atoms with Crippen molar-refractivity contribution >= 4 is 5.96 Å². The topological polar surface area (TPSA) is 76.4 Å². The number of fused-ring (bicyclic) bond motifs is 1. The lowest BCUT2D eigenvalue weighted by Crippen LogP contribution is -2.51. The number of rotatable bonds is 1. The van der Waals surface area contributed by atoms with Gasteiger partial charge in [0.25, 0.3) is 0 Å². The maximum atomic E-state index is 5.83. The summed E-state index contributed by atoms with van der Waals surface area (Å²) < 4.78 is 5.30. The Labute approximate surface area is 129 Å².